The Morgan fingerprint density at radius 3 is 2.31 bits per heavy atom. The highest BCUT2D eigenvalue weighted by molar-refractivity contribution is 6.19. The number of alkyl halides is 3. The van der Waals surface area contributed by atoms with Crippen molar-refractivity contribution in [3.8, 4) is 0 Å². The van der Waals surface area contributed by atoms with Gasteiger partial charge in [-0.2, -0.15) is 13.2 Å². The Labute approximate surface area is 151 Å². The van der Waals surface area contributed by atoms with E-state index in [1.54, 1.807) is 12.1 Å². The number of benzene rings is 1. The van der Waals surface area contributed by atoms with Gasteiger partial charge in [-0.1, -0.05) is 26.0 Å². The Morgan fingerprint density at radius 2 is 1.88 bits per heavy atom. The zero-order chi connectivity index (χ0) is 19.5. The molecule has 0 spiro atoms. The van der Waals surface area contributed by atoms with E-state index < -0.39 is 23.4 Å². The summed E-state index contributed by atoms with van der Waals surface area (Å²) in [4.78, 5) is 17.9. The summed E-state index contributed by atoms with van der Waals surface area (Å²) in [5, 5.41) is 0. The summed E-state index contributed by atoms with van der Waals surface area (Å²) >= 11 is 0. The van der Waals surface area contributed by atoms with Crippen LogP contribution in [0.2, 0.25) is 0 Å². The number of aliphatic imine (C=N–C) groups is 1. The van der Waals surface area contributed by atoms with E-state index in [-0.39, 0.29) is 0 Å². The van der Waals surface area contributed by atoms with Crippen molar-refractivity contribution < 1.29 is 18.0 Å². The third-order valence-electron chi connectivity index (χ3n) is 4.34. The predicted molar refractivity (Wildman–Crippen MR) is 97.3 cm³/mol. The third kappa shape index (κ3) is 4.86. The number of nitrogens with zero attached hydrogens (tertiary/aromatic N) is 2. The van der Waals surface area contributed by atoms with Gasteiger partial charge in [0.2, 0.25) is 0 Å². The second-order valence-corrected chi connectivity index (χ2v) is 6.82. The molecule has 1 aromatic carbocycles. The standard InChI is InChI=1S/C19H24F3N3O/c1-12(2)14-6-8-15(9-7-14)25(11-13-4-5-13)18(26)16(10-24-3)17(23)19(20,21)22/h6-10,12-13H,4-5,11,23H2,1-3H3. The molecule has 1 aromatic rings. The minimum Gasteiger partial charge on any atom is -0.394 e. The molecule has 1 saturated carbocycles. The smallest absolute Gasteiger partial charge is 0.394 e. The Bertz CT molecular complexity index is 702. The Kier molecular flexibility index (Phi) is 6.10. The zero-order valence-electron chi connectivity index (χ0n) is 15.2. The lowest BCUT2D eigenvalue weighted by molar-refractivity contribution is -0.116. The molecule has 0 atom stereocenters. The molecule has 2 N–H and O–H groups in total. The van der Waals surface area contributed by atoms with Crippen LogP contribution in [0.4, 0.5) is 18.9 Å². The van der Waals surface area contributed by atoms with Crippen LogP contribution in [0.25, 0.3) is 0 Å². The second kappa shape index (κ2) is 7.93. The molecule has 26 heavy (non-hydrogen) atoms. The second-order valence-electron chi connectivity index (χ2n) is 6.82. The molecule has 0 saturated heterocycles. The van der Waals surface area contributed by atoms with Crippen molar-refractivity contribution in [2.24, 2.45) is 16.6 Å². The molecule has 0 unspecified atom stereocenters. The van der Waals surface area contributed by atoms with Gasteiger partial charge in [-0.25, -0.2) is 0 Å². The number of nitrogens with two attached hydrogens (primary N) is 1. The maximum Gasteiger partial charge on any atom is 0.431 e. The minimum absolute atomic E-state index is 0.302. The Balaban J connectivity index is 2.42. The fraction of sp³-hybridized carbons (Fsp3) is 0.474. The lowest BCUT2D eigenvalue weighted by Gasteiger charge is -2.25. The molecule has 142 valence electrons. The summed E-state index contributed by atoms with van der Waals surface area (Å²) in [6, 6.07) is 7.30. The molecular weight excluding hydrogens is 343 g/mol. The van der Waals surface area contributed by atoms with E-state index in [4.69, 9.17) is 5.73 Å². The van der Waals surface area contributed by atoms with Crippen LogP contribution in [-0.2, 0) is 4.79 Å². The van der Waals surface area contributed by atoms with E-state index in [2.05, 4.69) is 4.99 Å². The highest BCUT2D eigenvalue weighted by Crippen LogP contribution is 2.33. The van der Waals surface area contributed by atoms with E-state index in [1.807, 2.05) is 26.0 Å². The molecule has 7 heteroatoms. The van der Waals surface area contributed by atoms with Crippen molar-refractivity contribution in [3.63, 3.8) is 0 Å². The normalized spacial score (nSPS) is 16.1. The van der Waals surface area contributed by atoms with Crippen LogP contribution in [0.3, 0.4) is 0 Å². The first-order chi connectivity index (χ1) is 12.1. The molecule has 2 rings (SSSR count). The first-order valence-corrected chi connectivity index (χ1v) is 8.56. The van der Waals surface area contributed by atoms with E-state index in [0.29, 0.717) is 24.1 Å². The van der Waals surface area contributed by atoms with Gasteiger partial charge < -0.3 is 10.6 Å². The summed E-state index contributed by atoms with van der Waals surface area (Å²) in [7, 11) is 1.31. The zero-order valence-corrected chi connectivity index (χ0v) is 15.2. The van der Waals surface area contributed by atoms with Crippen molar-refractivity contribution >= 4 is 17.8 Å². The van der Waals surface area contributed by atoms with Crippen LogP contribution in [0.1, 0.15) is 38.2 Å². The van der Waals surface area contributed by atoms with E-state index in [9.17, 15) is 18.0 Å². The molecule has 1 aliphatic carbocycles. The number of hydrogen-bond acceptors (Lipinski definition) is 3. The number of amides is 1. The van der Waals surface area contributed by atoms with E-state index in [0.717, 1.165) is 24.6 Å². The molecule has 4 nitrogen and oxygen atoms in total. The Hall–Kier alpha value is -2.31. The quantitative estimate of drug-likeness (QED) is 0.610. The molecule has 1 amide bonds. The first kappa shape index (κ1) is 20.0. The fourth-order valence-corrected chi connectivity index (χ4v) is 2.57. The summed E-state index contributed by atoms with van der Waals surface area (Å²) in [5.41, 5.74) is 4.82. The van der Waals surface area contributed by atoms with Crippen LogP contribution in [0, 0.1) is 5.92 Å². The molecule has 0 aromatic heterocycles. The fourth-order valence-electron chi connectivity index (χ4n) is 2.57. The minimum atomic E-state index is -4.79. The summed E-state index contributed by atoms with van der Waals surface area (Å²) in [6.45, 7) is 4.46. The highest BCUT2D eigenvalue weighted by atomic mass is 19.4. The van der Waals surface area contributed by atoms with Gasteiger partial charge >= 0.3 is 6.18 Å². The van der Waals surface area contributed by atoms with Crippen LogP contribution < -0.4 is 10.6 Å². The maximum atomic E-state index is 13.1. The average molecular weight is 367 g/mol. The topological polar surface area (TPSA) is 58.7 Å². The number of allylic oxidation sites excluding steroid dienone is 1. The maximum absolute atomic E-state index is 13.1. The van der Waals surface area contributed by atoms with Crippen LogP contribution in [0.15, 0.2) is 40.5 Å². The van der Waals surface area contributed by atoms with Gasteiger partial charge in [0.15, 0.2) is 0 Å². The van der Waals surface area contributed by atoms with Gasteiger partial charge in [0.1, 0.15) is 5.70 Å². The summed E-state index contributed by atoms with van der Waals surface area (Å²) in [6.07, 6.45) is -1.99. The number of anilines is 1. The van der Waals surface area contributed by atoms with Crippen LogP contribution in [0.5, 0.6) is 0 Å². The van der Waals surface area contributed by atoms with Crippen molar-refractivity contribution in [2.75, 3.05) is 18.5 Å². The van der Waals surface area contributed by atoms with Gasteiger partial charge in [-0.05, 0) is 42.4 Å². The number of rotatable bonds is 6. The highest BCUT2D eigenvalue weighted by Gasteiger charge is 2.38. The van der Waals surface area contributed by atoms with E-state index in [1.165, 1.54) is 11.9 Å². The monoisotopic (exact) mass is 367 g/mol. The number of halogens is 3. The summed E-state index contributed by atoms with van der Waals surface area (Å²) < 4.78 is 39.2. The predicted octanol–water partition coefficient (Wildman–Crippen LogP) is 4.03. The summed E-state index contributed by atoms with van der Waals surface area (Å²) in [5.74, 6) is -0.162. The van der Waals surface area contributed by atoms with Gasteiger partial charge in [-0.3, -0.25) is 9.79 Å². The molecule has 0 bridgehead atoms. The number of carbonyl (C=O) groups is 1. The first-order valence-electron chi connectivity index (χ1n) is 8.56. The lowest BCUT2D eigenvalue weighted by Crippen LogP contribution is -2.37. The SMILES string of the molecule is CN=CC(C(=O)N(CC1CC1)c1ccc(C(C)C)cc1)=C(N)C(F)(F)F. The average Bonchev–Trinajstić information content (AvgIpc) is 3.40. The molecule has 0 radical (unpaired) electrons. The van der Waals surface area contributed by atoms with Crippen LogP contribution >= 0.6 is 0 Å². The molecule has 0 heterocycles. The molecule has 1 aliphatic rings. The Morgan fingerprint density at radius 1 is 1.31 bits per heavy atom. The largest absolute Gasteiger partial charge is 0.431 e. The van der Waals surface area contributed by atoms with Gasteiger partial charge in [0, 0.05) is 25.5 Å². The lowest BCUT2D eigenvalue weighted by atomic mass is 10.0. The van der Waals surface area contributed by atoms with Crippen molar-refractivity contribution in [2.45, 2.75) is 38.8 Å². The van der Waals surface area contributed by atoms with Crippen molar-refractivity contribution in [1.82, 2.24) is 0 Å². The number of hydrogen-bond donors (Lipinski definition) is 1. The van der Waals surface area contributed by atoms with Crippen LogP contribution in [-0.4, -0.2) is 31.9 Å². The van der Waals surface area contributed by atoms with Crippen molar-refractivity contribution in [1.29, 1.82) is 0 Å². The number of carbonyl (C=O) groups excluding carboxylic acids is 1. The van der Waals surface area contributed by atoms with Crippen molar-refractivity contribution in [3.05, 3.63) is 41.1 Å². The molecule has 1 fully saturated rings. The molecule has 0 aliphatic heterocycles. The van der Waals surface area contributed by atoms with Gasteiger partial charge in [0.25, 0.3) is 5.91 Å². The van der Waals surface area contributed by atoms with Gasteiger partial charge in [-0.15, -0.1) is 0 Å². The molecular formula is C19H24F3N3O. The van der Waals surface area contributed by atoms with Gasteiger partial charge in [0.05, 0.1) is 5.57 Å². The van der Waals surface area contributed by atoms with E-state index >= 15 is 0 Å². The third-order valence-corrected chi connectivity index (χ3v) is 4.34.